The molecule has 8 rings (SSSR count). The number of carbonyl (C=O) groups excluding carboxylic acids is 2. The minimum Gasteiger partial charge on any atom is -0.444 e. The Labute approximate surface area is 551 Å². The van der Waals surface area contributed by atoms with E-state index in [0.717, 1.165) is 110 Å². The first-order valence-electron chi connectivity index (χ1n) is 31.9. The third-order valence-corrected chi connectivity index (χ3v) is 24.3. The van der Waals surface area contributed by atoms with E-state index in [4.69, 9.17) is 48.6 Å². The highest BCUT2D eigenvalue weighted by Crippen LogP contribution is 2.45. The van der Waals surface area contributed by atoms with Crippen LogP contribution >= 0.6 is 38.6 Å². The third kappa shape index (κ3) is 22.3. The number of anilines is 2. The van der Waals surface area contributed by atoms with Gasteiger partial charge in [0, 0.05) is 113 Å². The summed E-state index contributed by atoms with van der Waals surface area (Å²) in [6, 6.07) is 14.8. The Hall–Kier alpha value is -4.03. The summed E-state index contributed by atoms with van der Waals surface area (Å²) in [5.74, 6) is 1.90. The highest BCUT2D eigenvalue weighted by molar-refractivity contribution is 9.10. The molecule has 0 N–H and O–H groups in total. The van der Waals surface area contributed by atoms with Crippen molar-refractivity contribution in [2.75, 3.05) is 89.3 Å². The smallest absolute Gasteiger partial charge is 0.410 e. The van der Waals surface area contributed by atoms with Crippen LogP contribution in [0.5, 0.6) is 0 Å². The van der Waals surface area contributed by atoms with Crippen molar-refractivity contribution in [3.63, 3.8) is 0 Å². The highest BCUT2D eigenvalue weighted by Gasteiger charge is 2.36. The number of thiophene rings is 2. The predicted molar refractivity (Wildman–Crippen MR) is 381 cm³/mol. The molecule has 2 atom stereocenters. The summed E-state index contributed by atoms with van der Waals surface area (Å²) in [5.41, 5.74) is 4.43. The summed E-state index contributed by atoms with van der Waals surface area (Å²) in [6.45, 7) is 46.7. The Kier molecular flexibility index (Phi) is 25.4. The zero-order chi connectivity index (χ0) is 65.1. The summed E-state index contributed by atoms with van der Waals surface area (Å²) < 4.78 is 41.7. The van der Waals surface area contributed by atoms with Crippen LogP contribution in [0.15, 0.2) is 58.0 Å². The number of carbonyl (C=O) groups is 2. The first-order chi connectivity index (χ1) is 41.6. The molecule has 494 valence electrons. The summed E-state index contributed by atoms with van der Waals surface area (Å²) in [4.78, 5) is 47.0. The van der Waals surface area contributed by atoms with E-state index >= 15 is 0 Å². The number of ether oxygens (including phenoxy) is 6. The Bertz CT molecular complexity index is 3160. The van der Waals surface area contributed by atoms with Crippen molar-refractivity contribution >= 4 is 106 Å². The highest BCUT2D eigenvalue weighted by atomic mass is 79.9. The van der Waals surface area contributed by atoms with Crippen molar-refractivity contribution < 1.29 is 38.0 Å². The molecule has 6 aromatic heterocycles. The molecule has 0 bridgehead atoms. The second-order valence-electron chi connectivity index (χ2n) is 30.7. The molecule has 2 aliphatic rings. The maximum absolute atomic E-state index is 13.2. The van der Waals surface area contributed by atoms with Crippen molar-refractivity contribution in [3.05, 3.63) is 69.3 Å². The van der Waals surface area contributed by atoms with E-state index in [9.17, 15) is 9.59 Å². The molecule has 0 spiro atoms. The number of rotatable bonds is 26. The summed E-state index contributed by atoms with van der Waals surface area (Å²) >= 11 is 7.10. The molecule has 25 heteroatoms. The molecule has 2 unspecified atom stereocenters. The van der Waals surface area contributed by atoms with Gasteiger partial charge in [0.15, 0.2) is 11.3 Å². The number of aromatic nitrogens is 6. The monoisotopic (exact) mass is 1400 g/mol. The molecule has 2 amide bonds. The zero-order valence-electron chi connectivity index (χ0n) is 56.9. The van der Waals surface area contributed by atoms with Crippen molar-refractivity contribution in [2.24, 2.45) is 0 Å². The first-order valence-corrected chi connectivity index (χ1v) is 49.3. The van der Waals surface area contributed by atoms with Gasteiger partial charge in [-0.2, -0.15) is 19.2 Å². The topological polar surface area (TPSA) is 163 Å². The van der Waals surface area contributed by atoms with E-state index in [1.807, 2.05) is 66.4 Å². The Morgan fingerprint density at radius 3 is 1.34 bits per heavy atom. The van der Waals surface area contributed by atoms with E-state index in [1.165, 1.54) is 0 Å². The van der Waals surface area contributed by atoms with Crippen LogP contribution < -0.4 is 9.80 Å². The van der Waals surface area contributed by atoms with Crippen LogP contribution in [0.2, 0.25) is 103 Å². The number of hydrogen-bond donors (Lipinski definition) is 0. The lowest BCUT2D eigenvalue weighted by atomic mass is 9.91. The number of hydrogen-bond acceptors (Lipinski definition) is 16. The van der Waals surface area contributed by atoms with Crippen LogP contribution in [0.4, 0.5) is 21.2 Å². The first kappa shape index (κ1) is 72.4. The Balaban J connectivity index is 0.000000254. The standard InChI is InChI=1S/C32H52BrN5O4SSi2.C32H53N5O4SSi2/c1-32(2,3)42-31(39)36-14-10-12-24(21-36)28-27(26-13-11-17-43-26)30(38-29(35-28)25(33)20-34-38)37(22-40-15-18-44(4,5)6)23-41-16-19-45(7,8)9;1-32(2,3)41-31(38)35-16-10-12-25(22-35)29-28(26-13-11-19-42-26)30(37-27(34-29)14-15-33-37)36(23-39-17-20-43(4,5)6)24-40-18-21-44(7,8)9/h11,13,17,20,24H,10,12,14-16,18-19,21-23H2,1-9H3;11,13-15,19,25H,10,12,16-18,20-24H2,1-9H3. The van der Waals surface area contributed by atoms with Crippen molar-refractivity contribution in [1.29, 1.82) is 0 Å². The number of likely N-dealkylation sites (tertiary alicyclic amines) is 2. The van der Waals surface area contributed by atoms with Gasteiger partial charge in [0.25, 0.3) is 0 Å². The van der Waals surface area contributed by atoms with Gasteiger partial charge < -0.3 is 48.0 Å². The molecule has 6 aromatic rings. The molecule has 89 heavy (non-hydrogen) atoms. The van der Waals surface area contributed by atoms with Crippen LogP contribution in [-0.4, -0.2) is 174 Å². The Morgan fingerprint density at radius 2 is 0.966 bits per heavy atom. The Morgan fingerprint density at radius 1 is 0.573 bits per heavy atom. The van der Waals surface area contributed by atoms with Crippen LogP contribution in [0.3, 0.4) is 0 Å². The van der Waals surface area contributed by atoms with Gasteiger partial charge in [0.2, 0.25) is 0 Å². The molecule has 0 saturated carbocycles. The van der Waals surface area contributed by atoms with Crippen LogP contribution in [-0.2, 0) is 28.4 Å². The van der Waals surface area contributed by atoms with Gasteiger partial charge in [-0.1, -0.05) is 90.7 Å². The van der Waals surface area contributed by atoms with Gasteiger partial charge in [-0.3, -0.25) is 0 Å². The molecule has 18 nitrogen and oxygen atoms in total. The van der Waals surface area contributed by atoms with Gasteiger partial charge in [0.1, 0.15) is 49.8 Å². The van der Waals surface area contributed by atoms with E-state index < -0.39 is 43.5 Å². The lowest BCUT2D eigenvalue weighted by Gasteiger charge is -2.35. The lowest BCUT2D eigenvalue weighted by Crippen LogP contribution is -2.42. The summed E-state index contributed by atoms with van der Waals surface area (Å²) in [6.07, 6.45) is 6.69. The van der Waals surface area contributed by atoms with E-state index in [2.05, 4.69) is 139 Å². The second kappa shape index (κ2) is 31.3. The minimum atomic E-state index is -1.26. The molecule has 2 aliphatic heterocycles. The molecular weight excluding hydrogens is 1290 g/mol. The maximum atomic E-state index is 13.2. The molecular formula is C64H105BrN10O8S2Si4. The van der Waals surface area contributed by atoms with Crippen molar-refractivity contribution in [3.8, 4) is 20.9 Å². The predicted octanol–water partition coefficient (Wildman–Crippen LogP) is 16.8. The van der Waals surface area contributed by atoms with Crippen LogP contribution in [0.25, 0.3) is 32.2 Å². The van der Waals surface area contributed by atoms with Gasteiger partial charge in [-0.15, -0.1) is 22.7 Å². The SMILES string of the molecule is CC(C)(C)OC(=O)N1CCCC(c2nc3c(Br)cnn3c(N(COCC[Si](C)(C)C)COCC[Si](C)(C)C)c2-c2cccs2)C1.CC(C)(C)OC(=O)N1CCCC(c2nc3ccnn3c(N(COCC[Si](C)(C)C)COCC[Si](C)(C)C)c2-c2cccs2)C1. The average molecular weight is 1400 g/mol. The average Bonchev–Trinajstić information content (AvgIpc) is 1.74. The summed E-state index contributed by atoms with van der Waals surface area (Å²) in [5, 5.41) is 13.7. The normalized spacial score (nSPS) is 16.4. The number of piperidine rings is 2. The molecule has 2 fully saturated rings. The molecule has 2 saturated heterocycles. The van der Waals surface area contributed by atoms with Crippen LogP contribution in [0.1, 0.15) is 90.4 Å². The van der Waals surface area contributed by atoms with E-state index in [1.54, 1.807) is 35.1 Å². The van der Waals surface area contributed by atoms with Crippen molar-refractivity contribution in [2.45, 2.75) is 193 Å². The number of amides is 2. The molecule has 0 aromatic carbocycles. The lowest BCUT2D eigenvalue weighted by molar-refractivity contribution is 0.0187. The van der Waals surface area contributed by atoms with Gasteiger partial charge in [0.05, 0.1) is 39.4 Å². The second-order valence-corrected chi connectivity index (χ2v) is 55.9. The number of halogens is 1. The van der Waals surface area contributed by atoms with Gasteiger partial charge in [-0.05, 0) is 130 Å². The molecule has 8 heterocycles. The quantitative estimate of drug-likeness (QED) is 0.0286. The van der Waals surface area contributed by atoms with E-state index in [-0.39, 0.29) is 24.0 Å². The van der Waals surface area contributed by atoms with Crippen LogP contribution in [0, 0.1) is 0 Å². The zero-order valence-corrected chi connectivity index (χ0v) is 64.1. The van der Waals surface area contributed by atoms with Gasteiger partial charge in [-0.25, -0.2) is 19.6 Å². The third-order valence-electron chi connectivity index (χ3n) is 15.2. The van der Waals surface area contributed by atoms with E-state index in [0.29, 0.717) is 79.5 Å². The largest absolute Gasteiger partial charge is 0.444 e. The minimum absolute atomic E-state index is 0.0244. The fourth-order valence-electron chi connectivity index (χ4n) is 10.3. The van der Waals surface area contributed by atoms with Crippen molar-refractivity contribution in [1.82, 2.24) is 39.0 Å². The summed E-state index contributed by atoms with van der Waals surface area (Å²) in [7, 11) is -5.02. The maximum Gasteiger partial charge on any atom is 0.410 e. The number of fused-ring (bicyclic) bond motifs is 2. The van der Waals surface area contributed by atoms with Gasteiger partial charge >= 0.3 is 12.2 Å². The molecule has 0 radical (unpaired) electrons. The fraction of sp³-hybridized carbons (Fsp3) is 0.656. The number of nitrogens with zero attached hydrogens (tertiary/aromatic N) is 10. The fourth-order valence-corrected chi connectivity index (χ4v) is 15.2. The molecule has 0 aliphatic carbocycles.